The zero-order valence-corrected chi connectivity index (χ0v) is 11.3. The first-order chi connectivity index (χ1) is 9.04. The highest BCUT2D eigenvalue weighted by atomic mass is 16.5. The van der Waals surface area contributed by atoms with Gasteiger partial charge in [-0.25, -0.2) is 0 Å². The molecular weight excluding hydrogens is 248 g/mol. The number of fused-ring (bicyclic) bond motifs is 1. The Morgan fingerprint density at radius 1 is 1.11 bits per heavy atom. The first-order valence-corrected chi connectivity index (χ1v) is 5.63. The Morgan fingerprint density at radius 2 is 1.74 bits per heavy atom. The number of nitrogens with two attached hydrogens (primary N) is 1. The number of primary amides is 1. The van der Waals surface area contributed by atoms with Gasteiger partial charge in [0.1, 0.15) is 5.69 Å². The van der Waals surface area contributed by atoms with Gasteiger partial charge in [-0.2, -0.15) is 0 Å². The Hall–Kier alpha value is -2.37. The lowest BCUT2D eigenvalue weighted by atomic mass is 10.2. The highest BCUT2D eigenvalue weighted by Gasteiger charge is 2.21. The Morgan fingerprint density at radius 3 is 2.21 bits per heavy atom. The monoisotopic (exact) mass is 264 g/mol. The number of carbonyl (C=O) groups is 1. The molecule has 2 N–H and O–H groups in total. The molecule has 0 aliphatic heterocycles. The van der Waals surface area contributed by atoms with Crippen LogP contribution < -0.4 is 19.9 Å². The van der Waals surface area contributed by atoms with Crippen molar-refractivity contribution in [2.75, 3.05) is 21.3 Å². The standard InChI is InChI=1S/C13H16N2O4/c1-15-8(13(14)16)5-7-6-9(17-2)11(18-3)12(19-4)10(7)15/h5-6H,1-4H3,(H2,14,16). The maximum atomic E-state index is 11.4. The summed E-state index contributed by atoms with van der Waals surface area (Å²) in [7, 11) is 6.36. The summed E-state index contributed by atoms with van der Waals surface area (Å²) in [5.74, 6) is 1.02. The molecule has 0 fully saturated rings. The van der Waals surface area contributed by atoms with Gasteiger partial charge >= 0.3 is 0 Å². The van der Waals surface area contributed by atoms with E-state index >= 15 is 0 Å². The largest absolute Gasteiger partial charge is 0.493 e. The molecule has 0 aliphatic rings. The number of methoxy groups -OCH3 is 3. The number of carbonyl (C=O) groups excluding carboxylic acids is 1. The molecule has 1 aromatic carbocycles. The first kappa shape index (κ1) is 13.1. The van der Waals surface area contributed by atoms with Gasteiger partial charge in [0.05, 0.1) is 26.8 Å². The molecule has 0 bridgehead atoms. The molecule has 1 aromatic heterocycles. The average Bonchev–Trinajstić information content (AvgIpc) is 2.73. The third kappa shape index (κ3) is 1.85. The van der Waals surface area contributed by atoms with Crippen LogP contribution in [-0.4, -0.2) is 31.8 Å². The SMILES string of the molecule is COc1cc2cc(C(N)=O)n(C)c2c(OC)c1OC. The molecule has 102 valence electrons. The van der Waals surface area contributed by atoms with Crippen LogP contribution in [-0.2, 0) is 7.05 Å². The molecule has 0 radical (unpaired) electrons. The van der Waals surface area contributed by atoms with Gasteiger partial charge in [-0.05, 0) is 12.1 Å². The lowest BCUT2D eigenvalue weighted by molar-refractivity contribution is 0.0993. The van der Waals surface area contributed by atoms with Crippen molar-refractivity contribution in [3.63, 3.8) is 0 Å². The molecule has 2 aromatic rings. The second-order valence-corrected chi connectivity index (χ2v) is 4.04. The smallest absolute Gasteiger partial charge is 0.265 e. The highest BCUT2D eigenvalue weighted by molar-refractivity contribution is 6.01. The summed E-state index contributed by atoms with van der Waals surface area (Å²) in [6.45, 7) is 0. The van der Waals surface area contributed by atoms with E-state index in [0.29, 0.717) is 22.9 Å². The molecule has 0 aliphatic carbocycles. The normalized spacial score (nSPS) is 10.5. The van der Waals surface area contributed by atoms with Crippen molar-refractivity contribution in [1.29, 1.82) is 0 Å². The van der Waals surface area contributed by atoms with E-state index in [9.17, 15) is 4.79 Å². The fraction of sp³-hybridized carbons (Fsp3) is 0.308. The van der Waals surface area contributed by atoms with Crippen molar-refractivity contribution in [1.82, 2.24) is 4.57 Å². The van der Waals surface area contributed by atoms with Crippen LogP contribution in [0.3, 0.4) is 0 Å². The van der Waals surface area contributed by atoms with Crippen molar-refractivity contribution in [2.24, 2.45) is 12.8 Å². The van der Waals surface area contributed by atoms with Gasteiger partial charge in [0, 0.05) is 12.4 Å². The van der Waals surface area contributed by atoms with Crippen LogP contribution in [0.4, 0.5) is 0 Å². The summed E-state index contributed by atoms with van der Waals surface area (Å²) in [5, 5.41) is 0.797. The predicted octanol–water partition coefficient (Wildman–Crippen LogP) is 1.30. The third-order valence-corrected chi connectivity index (χ3v) is 3.07. The quantitative estimate of drug-likeness (QED) is 0.903. The summed E-state index contributed by atoms with van der Waals surface area (Å²) in [4.78, 5) is 11.4. The van der Waals surface area contributed by atoms with Crippen LogP contribution in [0.2, 0.25) is 0 Å². The lowest BCUT2D eigenvalue weighted by Gasteiger charge is -2.14. The number of aromatic nitrogens is 1. The minimum Gasteiger partial charge on any atom is -0.493 e. The minimum absolute atomic E-state index is 0.392. The van der Waals surface area contributed by atoms with E-state index in [-0.39, 0.29) is 0 Å². The Kier molecular flexibility index (Phi) is 3.25. The zero-order valence-electron chi connectivity index (χ0n) is 11.3. The first-order valence-electron chi connectivity index (χ1n) is 5.63. The second-order valence-electron chi connectivity index (χ2n) is 4.04. The fourth-order valence-electron chi connectivity index (χ4n) is 2.22. The molecule has 19 heavy (non-hydrogen) atoms. The number of hydrogen-bond donors (Lipinski definition) is 1. The van der Waals surface area contributed by atoms with Crippen LogP contribution >= 0.6 is 0 Å². The number of hydrogen-bond acceptors (Lipinski definition) is 4. The van der Waals surface area contributed by atoms with Gasteiger partial charge in [0.25, 0.3) is 5.91 Å². The fourth-order valence-corrected chi connectivity index (χ4v) is 2.22. The molecule has 6 nitrogen and oxygen atoms in total. The summed E-state index contributed by atoms with van der Waals surface area (Å²) < 4.78 is 17.6. The summed E-state index contributed by atoms with van der Waals surface area (Å²) >= 11 is 0. The van der Waals surface area contributed by atoms with Crippen LogP contribution in [0.1, 0.15) is 10.5 Å². The van der Waals surface area contributed by atoms with Gasteiger partial charge in [0.15, 0.2) is 11.5 Å². The number of amides is 1. The van der Waals surface area contributed by atoms with Gasteiger partial charge < -0.3 is 24.5 Å². The van der Waals surface area contributed by atoms with Gasteiger partial charge in [-0.15, -0.1) is 0 Å². The van der Waals surface area contributed by atoms with E-state index in [4.69, 9.17) is 19.9 Å². The van der Waals surface area contributed by atoms with E-state index in [1.165, 1.54) is 14.2 Å². The third-order valence-electron chi connectivity index (χ3n) is 3.07. The molecule has 2 rings (SSSR count). The second kappa shape index (κ2) is 4.72. The molecular formula is C13H16N2O4. The molecule has 0 saturated heterocycles. The molecule has 1 heterocycles. The van der Waals surface area contributed by atoms with Crippen LogP contribution in [0.15, 0.2) is 12.1 Å². The number of ether oxygens (including phenoxy) is 3. The summed E-state index contributed by atoms with van der Waals surface area (Å²) in [6.07, 6.45) is 0. The molecule has 0 unspecified atom stereocenters. The highest BCUT2D eigenvalue weighted by Crippen LogP contribution is 2.43. The van der Waals surface area contributed by atoms with Crippen LogP contribution in [0.5, 0.6) is 17.2 Å². The Balaban J connectivity index is 2.90. The van der Waals surface area contributed by atoms with Crippen LogP contribution in [0, 0.1) is 0 Å². The van der Waals surface area contributed by atoms with Gasteiger partial charge in [-0.1, -0.05) is 0 Å². The van der Waals surface area contributed by atoms with E-state index in [2.05, 4.69) is 0 Å². The van der Waals surface area contributed by atoms with E-state index in [0.717, 1.165) is 10.9 Å². The lowest BCUT2D eigenvalue weighted by Crippen LogP contribution is -2.15. The van der Waals surface area contributed by atoms with E-state index in [1.807, 2.05) is 0 Å². The molecule has 0 atom stereocenters. The summed E-state index contributed by atoms with van der Waals surface area (Å²) in [6, 6.07) is 3.48. The molecule has 1 amide bonds. The number of rotatable bonds is 4. The predicted molar refractivity (Wildman–Crippen MR) is 71.1 cm³/mol. The van der Waals surface area contributed by atoms with Gasteiger partial charge in [-0.3, -0.25) is 4.79 Å². The zero-order chi connectivity index (χ0) is 14.2. The summed E-state index contributed by atoms with van der Waals surface area (Å²) in [5.41, 5.74) is 6.47. The van der Waals surface area contributed by atoms with Crippen LogP contribution in [0.25, 0.3) is 10.9 Å². The minimum atomic E-state index is -0.501. The Labute approximate surface area is 110 Å². The van der Waals surface area contributed by atoms with Crippen molar-refractivity contribution in [3.05, 3.63) is 17.8 Å². The van der Waals surface area contributed by atoms with E-state index < -0.39 is 5.91 Å². The maximum absolute atomic E-state index is 11.4. The van der Waals surface area contributed by atoms with Crippen molar-refractivity contribution < 1.29 is 19.0 Å². The Bertz CT molecular complexity index is 646. The average molecular weight is 264 g/mol. The van der Waals surface area contributed by atoms with Crippen molar-refractivity contribution in [3.8, 4) is 17.2 Å². The number of benzene rings is 1. The van der Waals surface area contributed by atoms with Crippen molar-refractivity contribution in [2.45, 2.75) is 0 Å². The van der Waals surface area contributed by atoms with Gasteiger partial charge in [0.2, 0.25) is 5.75 Å². The number of aryl methyl sites for hydroxylation is 1. The van der Waals surface area contributed by atoms with Crippen molar-refractivity contribution >= 4 is 16.8 Å². The maximum Gasteiger partial charge on any atom is 0.265 e. The number of nitrogens with zero attached hydrogens (tertiary/aromatic N) is 1. The topological polar surface area (TPSA) is 75.7 Å². The van der Waals surface area contributed by atoms with E-state index in [1.54, 1.807) is 30.9 Å². The molecule has 6 heteroatoms. The molecule has 0 saturated carbocycles. The molecule has 0 spiro atoms.